The van der Waals surface area contributed by atoms with Gasteiger partial charge in [0.2, 0.25) is 0 Å². The van der Waals surface area contributed by atoms with Gasteiger partial charge in [0, 0.05) is 34.3 Å². The van der Waals surface area contributed by atoms with E-state index < -0.39 is 0 Å². The van der Waals surface area contributed by atoms with E-state index in [4.69, 9.17) is 5.41 Å². The Morgan fingerprint density at radius 2 is 1.93 bits per heavy atom. The van der Waals surface area contributed by atoms with Gasteiger partial charge in [-0.3, -0.25) is 4.79 Å². The first-order valence-corrected chi connectivity index (χ1v) is 11.7. The molecule has 0 unspecified atom stereocenters. The van der Waals surface area contributed by atoms with Gasteiger partial charge in [-0.25, -0.2) is 4.98 Å². The Labute approximate surface area is 185 Å². The topological polar surface area (TPSA) is 65.8 Å². The van der Waals surface area contributed by atoms with Gasteiger partial charge in [-0.2, -0.15) is 0 Å². The van der Waals surface area contributed by atoms with Gasteiger partial charge in [-0.05, 0) is 30.7 Å². The lowest BCUT2D eigenvalue weighted by Crippen LogP contribution is -2.11. The Balaban J connectivity index is 0.00000218. The number of anilines is 2. The number of ketones is 1. The number of aromatic nitrogens is 1. The fourth-order valence-electron chi connectivity index (χ4n) is 2.93. The summed E-state index contributed by atoms with van der Waals surface area (Å²) in [6.45, 7) is 11.9. The lowest BCUT2D eigenvalue weighted by Gasteiger charge is -2.11. The monoisotopic (exact) mass is 425 g/mol. The van der Waals surface area contributed by atoms with Crippen molar-refractivity contribution in [3.63, 3.8) is 0 Å². The molecule has 0 radical (unpaired) electrons. The molecular weight excluding hydrogens is 390 g/mol. The van der Waals surface area contributed by atoms with Crippen molar-refractivity contribution in [2.45, 2.75) is 59.8 Å². The Kier molecular flexibility index (Phi) is 12.3. The van der Waals surface area contributed by atoms with Crippen molar-refractivity contribution in [1.82, 2.24) is 4.98 Å². The summed E-state index contributed by atoms with van der Waals surface area (Å²) >= 11 is 1.47. The lowest BCUT2D eigenvalue weighted by atomic mass is 9.94. The summed E-state index contributed by atoms with van der Waals surface area (Å²) in [5.41, 5.74) is 3.10. The molecule has 2 aromatic rings. The maximum atomic E-state index is 12.6. The molecule has 1 heterocycles. The number of rotatable bonds is 12. The summed E-state index contributed by atoms with van der Waals surface area (Å²) in [5, 5.41) is 13.4. The van der Waals surface area contributed by atoms with Gasteiger partial charge in [0.25, 0.3) is 0 Å². The molecule has 4 nitrogen and oxygen atoms in total. The zero-order valence-corrected chi connectivity index (χ0v) is 19.5. The molecule has 2 rings (SSSR count). The Bertz CT molecular complexity index is 821. The normalized spacial score (nSPS) is 11.8. The molecule has 1 atom stereocenters. The molecule has 0 aliphatic carbocycles. The third-order valence-electron chi connectivity index (χ3n) is 4.61. The van der Waals surface area contributed by atoms with E-state index in [1.807, 2.05) is 50.4 Å². The average Bonchev–Trinajstić information content (AvgIpc) is 3.24. The first-order valence-electron chi connectivity index (χ1n) is 10.8. The van der Waals surface area contributed by atoms with Crippen LogP contribution in [-0.4, -0.2) is 17.0 Å². The minimum absolute atomic E-state index is 0.0633. The number of allylic oxidation sites excluding steroid dienone is 3. The van der Waals surface area contributed by atoms with Gasteiger partial charge in [0.05, 0.1) is 5.69 Å². The molecule has 0 aliphatic rings. The fraction of sp³-hybridized carbons (Fsp3) is 0.400. The van der Waals surface area contributed by atoms with Crippen LogP contribution in [-0.2, 0) is 0 Å². The van der Waals surface area contributed by atoms with E-state index in [9.17, 15) is 4.79 Å². The van der Waals surface area contributed by atoms with E-state index in [2.05, 4.69) is 23.8 Å². The van der Waals surface area contributed by atoms with Crippen LogP contribution in [0.2, 0.25) is 0 Å². The summed E-state index contributed by atoms with van der Waals surface area (Å²) in [5.74, 6) is 0.276. The predicted molar refractivity (Wildman–Crippen MR) is 132 cm³/mol. The molecule has 0 saturated heterocycles. The Hall–Kier alpha value is -2.53. The molecule has 2 N–H and O–H groups in total. The fourth-order valence-corrected chi connectivity index (χ4v) is 3.67. The number of carbonyl (C=O) groups is 1. The average molecular weight is 426 g/mol. The van der Waals surface area contributed by atoms with Crippen molar-refractivity contribution < 1.29 is 4.79 Å². The number of benzene rings is 1. The quantitative estimate of drug-likeness (QED) is 0.157. The number of hydrogen-bond acceptors (Lipinski definition) is 5. The number of carbonyl (C=O) groups excluding carboxylic acids is 1. The first-order chi connectivity index (χ1) is 14.6. The minimum atomic E-state index is 0.0633. The number of nitrogens with zero attached hydrogens (tertiary/aromatic N) is 1. The van der Waals surface area contributed by atoms with Crippen LogP contribution in [0.3, 0.4) is 0 Å². The second kappa shape index (κ2) is 14.5. The predicted octanol–water partition coefficient (Wildman–Crippen LogP) is 7.92. The van der Waals surface area contributed by atoms with E-state index in [1.54, 1.807) is 12.2 Å². The van der Waals surface area contributed by atoms with Crippen LogP contribution in [0.4, 0.5) is 10.8 Å². The number of nitrogens with one attached hydrogen (secondary N) is 2. The molecule has 0 saturated carbocycles. The summed E-state index contributed by atoms with van der Waals surface area (Å²) in [6.07, 6.45) is 10.4. The zero-order valence-electron chi connectivity index (χ0n) is 18.7. The van der Waals surface area contributed by atoms with Gasteiger partial charge < -0.3 is 10.7 Å². The van der Waals surface area contributed by atoms with Gasteiger partial charge in [0.15, 0.2) is 10.9 Å². The zero-order chi connectivity index (χ0) is 22.4. The number of unbranched alkanes of at least 4 members (excludes halogenated alkanes) is 3. The van der Waals surface area contributed by atoms with Gasteiger partial charge in [-0.1, -0.05) is 72.1 Å². The van der Waals surface area contributed by atoms with E-state index in [0.29, 0.717) is 5.57 Å². The van der Waals surface area contributed by atoms with Gasteiger partial charge in [0.1, 0.15) is 0 Å². The van der Waals surface area contributed by atoms with Crippen molar-refractivity contribution in [2.24, 2.45) is 5.92 Å². The summed E-state index contributed by atoms with van der Waals surface area (Å²) in [4.78, 5) is 17.1. The van der Waals surface area contributed by atoms with Crippen molar-refractivity contribution in [1.29, 1.82) is 5.41 Å². The van der Waals surface area contributed by atoms with E-state index in [0.717, 1.165) is 34.9 Å². The van der Waals surface area contributed by atoms with Crippen LogP contribution < -0.4 is 5.32 Å². The second-order valence-electron chi connectivity index (χ2n) is 6.86. The maximum absolute atomic E-state index is 12.6. The van der Waals surface area contributed by atoms with Crippen LogP contribution in [0, 0.1) is 11.3 Å². The molecule has 0 bridgehead atoms. The van der Waals surface area contributed by atoms with Crippen LogP contribution in [0.25, 0.3) is 5.57 Å². The highest BCUT2D eigenvalue weighted by molar-refractivity contribution is 7.13. The largest absolute Gasteiger partial charge is 0.332 e. The van der Waals surface area contributed by atoms with E-state index in [1.165, 1.54) is 36.8 Å². The lowest BCUT2D eigenvalue weighted by molar-refractivity contribution is 0.0922. The second-order valence-corrected chi connectivity index (χ2v) is 7.72. The van der Waals surface area contributed by atoms with Crippen molar-refractivity contribution in [2.75, 3.05) is 5.32 Å². The molecule has 162 valence electrons. The molecule has 1 aromatic heterocycles. The van der Waals surface area contributed by atoms with E-state index in [-0.39, 0.29) is 11.7 Å². The molecular formula is C25H35N3OS. The molecule has 30 heavy (non-hydrogen) atoms. The first kappa shape index (κ1) is 25.5. The SMILES string of the molecule is C=C/C=C(\C=N)c1csc(Nc2ccc(C(=O)[C@@H](C)CCCCCC)cc2)n1.CC. The third-order valence-corrected chi connectivity index (χ3v) is 5.37. The summed E-state index contributed by atoms with van der Waals surface area (Å²) < 4.78 is 0. The smallest absolute Gasteiger partial charge is 0.187 e. The highest BCUT2D eigenvalue weighted by Crippen LogP contribution is 2.25. The summed E-state index contributed by atoms with van der Waals surface area (Å²) in [6, 6.07) is 7.58. The molecule has 5 heteroatoms. The van der Waals surface area contributed by atoms with Crippen molar-refractivity contribution in [3.05, 3.63) is 59.6 Å². The van der Waals surface area contributed by atoms with Crippen LogP contribution in [0.5, 0.6) is 0 Å². The highest BCUT2D eigenvalue weighted by atomic mass is 32.1. The highest BCUT2D eigenvalue weighted by Gasteiger charge is 2.15. The minimum Gasteiger partial charge on any atom is -0.332 e. The molecule has 1 aromatic carbocycles. The van der Waals surface area contributed by atoms with Crippen LogP contribution in [0.15, 0.2) is 48.4 Å². The molecule has 0 aliphatic heterocycles. The Morgan fingerprint density at radius 1 is 1.23 bits per heavy atom. The van der Waals surface area contributed by atoms with Crippen molar-refractivity contribution in [3.8, 4) is 0 Å². The third kappa shape index (κ3) is 8.07. The van der Waals surface area contributed by atoms with Crippen LogP contribution in [0.1, 0.15) is 75.9 Å². The van der Waals surface area contributed by atoms with E-state index >= 15 is 0 Å². The number of thiazole rings is 1. The van der Waals surface area contributed by atoms with Gasteiger partial charge in [-0.15, -0.1) is 11.3 Å². The summed E-state index contributed by atoms with van der Waals surface area (Å²) in [7, 11) is 0. The molecule has 0 spiro atoms. The molecule has 0 amide bonds. The van der Waals surface area contributed by atoms with Gasteiger partial charge >= 0.3 is 0 Å². The number of Topliss-reactive ketones (excluding diaryl/α,β-unsaturated/α-hetero) is 1. The maximum Gasteiger partial charge on any atom is 0.187 e. The number of hydrogen-bond donors (Lipinski definition) is 2. The molecule has 0 fully saturated rings. The van der Waals surface area contributed by atoms with Crippen molar-refractivity contribution >= 4 is 39.7 Å². The van der Waals surface area contributed by atoms with Crippen LogP contribution >= 0.6 is 11.3 Å². The standard InChI is InChI=1S/C23H29N3OS.C2H6/c1-4-6-7-8-10-17(3)22(27)18-11-13-20(14-12-18)25-23-26-21(16-28-23)19(15-24)9-5-2;1-2/h5,9,11-17,24H,2,4,6-8,10H2,1,3H3,(H,25,26);1-2H3/b19-9+,24-15?;/t17-;/m0./s1. The Morgan fingerprint density at radius 3 is 2.53 bits per heavy atom.